The van der Waals surface area contributed by atoms with Crippen LogP contribution in [0.15, 0.2) is 24.3 Å². The Kier molecular flexibility index (Phi) is 9.48. The lowest BCUT2D eigenvalue weighted by Crippen LogP contribution is -2.31. The van der Waals surface area contributed by atoms with E-state index in [1.807, 2.05) is 39.8 Å². The van der Waals surface area contributed by atoms with Gasteiger partial charge in [0, 0.05) is 30.0 Å². The molecule has 0 aromatic heterocycles. The third-order valence-corrected chi connectivity index (χ3v) is 8.79. The first-order valence-electron chi connectivity index (χ1n) is 9.47. The lowest BCUT2D eigenvalue weighted by molar-refractivity contribution is -0.121. The van der Waals surface area contributed by atoms with Gasteiger partial charge in [-0.1, -0.05) is 52.3 Å². The molecule has 0 bridgehead atoms. The van der Waals surface area contributed by atoms with E-state index in [1.165, 1.54) is 18.6 Å². The predicted molar refractivity (Wildman–Crippen MR) is 116 cm³/mol. The third-order valence-electron chi connectivity index (χ3n) is 4.26. The molecule has 1 aliphatic heterocycles. The highest BCUT2D eigenvalue weighted by Gasteiger charge is 2.17. The second-order valence-electron chi connectivity index (χ2n) is 7.15. The van der Waals surface area contributed by atoms with Crippen molar-refractivity contribution in [2.45, 2.75) is 69.5 Å². The molecule has 1 fully saturated rings. The van der Waals surface area contributed by atoms with Crippen molar-refractivity contribution in [1.29, 1.82) is 0 Å². The number of sulfonamides is 1. The summed E-state index contributed by atoms with van der Waals surface area (Å²) in [5, 5.41) is 3.69. The number of amides is 1. The Morgan fingerprint density at radius 2 is 1.96 bits per heavy atom. The largest absolute Gasteiger partial charge is 0.352 e. The molecule has 5 nitrogen and oxygen atoms in total. The molecule has 2 N–H and O–H groups in total. The smallest absolute Gasteiger partial charge is 0.220 e. The minimum Gasteiger partial charge on any atom is -0.352 e. The molecule has 1 aliphatic rings. The molecule has 152 valence electrons. The van der Waals surface area contributed by atoms with Crippen molar-refractivity contribution in [2.75, 3.05) is 5.75 Å². The fraction of sp³-hybridized carbons (Fsp3) is 0.632. The van der Waals surface area contributed by atoms with E-state index in [-0.39, 0.29) is 17.7 Å². The van der Waals surface area contributed by atoms with Crippen LogP contribution in [0, 0.1) is 0 Å². The summed E-state index contributed by atoms with van der Waals surface area (Å²) >= 11 is 0. The highest BCUT2D eigenvalue weighted by Crippen LogP contribution is 2.39. The Hall–Kier alpha value is -0.700. The number of nitrogens with one attached hydrogen (secondary N) is 2. The maximum atomic E-state index is 12.2. The molecule has 1 heterocycles. The summed E-state index contributed by atoms with van der Waals surface area (Å²) in [5.41, 5.74) is 1.57. The molecule has 1 unspecified atom stereocenters. The van der Waals surface area contributed by atoms with E-state index < -0.39 is 10.0 Å². The van der Waals surface area contributed by atoms with Crippen molar-refractivity contribution in [3.05, 3.63) is 35.4 Å². The highest BCUT2D eigenvalue weighted by molar-refractivity contribution is 8.77. The van der Waals surface area contributed by atoms with Crippen molar-refractivity contribution in [2.24, 2.45) is 0 Å². The van der Waals surface area contributed by atoms with Crippen LogP contribution in [0.2, 0.25) is 0 Å². The summed E-state index contributed by atoms with van der Waals surface area (Å²) in [5.74, 6) is 1.20. The molecule has 1 amide bonds. The minimum absolute atomic E-state index is 0.0291. The van der Waals surface area contributed by atoms with E-state index in [0.29, 0.717) is 13.0 Å². The predicted octanol–water partition coefficient (Wildman–Crippen LogP) is 3.84. The van der Waals surface area contributed by atoms with Gasteiger partial charge in [-0.2, -0.15) is 0 Å². The summed E-state index contributed by atoms with van der Waals surface area (Å²) in [4.78, 5) is 12.1. The molecule has 1 atom stereocenters. The highest BCUT2D eigenvalue weighted by atomic mass is 33.1. The van der Waals surface area contributed by atoms with Crippen molar-refractivity contribution < 1.29 is 13.2 Å². The maximum Gasteiger partial charge on any atom is 0.220 e. The number of rotatable bonds is 11. The minimum atomic E-state index is -3.39. The number of benzene rings is 1. The number of unbranched alkanes of at least 4 members (excludes halogenated alkanes) is 1. The van der Waals surface area contributed by atoms with Crippen LogP contribution < -0.4 is 10.0 Å². The molecule has 2 rings (SSSR count). The van der Waals surface area contributed by atoms with Crippen LogP contribution in [0.1, 0.15) is 57.1 Å². The lowest BCUT2D eigenvalue weighted by Gasteiger charge is -2.13. The number of carbonyl (C=O) groups excluding carboxylic acids is 1. The zero-order chi connectivity index (χ0) is 19.7. The van der Waals surface area contributed by atoms with Crippen molar-refractivity contribution in [3.8, 4) is 0 Å². The van der Waals surface area contributed by atoms with Gasteiger partial charge >= 0.3 is 0 Å². The molecule has 0 saturated carbocycles. The fourth-order valence-corrected chi connectivity index (χ4v) is 7.50. The van der Waals surface area contributed by atoms with Crippen LogP contribution in [0.4, 0.5) is 0 Å². The number of hydrogen-bond acceptors (Lipinski definition) is 5. The average Bonchev–Trinajstić information content (AvgIpc) is 3.10. The van der Waals surface area contributed by atoms with Crippen LogP contribution >= 0.6 is 21.6 Å². The van der Waals surface area contributed by atoms with Crippen LogP contribution in [-0.2, 0) is 27.1 Å². The lowest BCUT2D eigenvalue weighted by atomic mass is 10.1. The van der Waals surface area contributed by atoms with E-state index in [2.05, 4.69) is 10.0 Å². The van der Waals surface area contributed by atoms with Crippen LogP contribution in [0.3, 0.4) is 0 Å². The van der Waals surface area contributed by atoms with Gasteiger partial charge in [-0.25, -0.2) is 13.1 Å². The van der Waals surface area contributed by atoms with Crippen molar-refractivity contribution in [1.82, 2.24) is 10.0 Å². The molecule has 0 aliphatic carbocycles. The van der Waals surface area contributed by atoms with Crippen molar-refractivity contribution in [3.63, 3.8) is 0 Å². The topological polar surface area (TPSA) is 75.3 Å². The van der Waals surface area contributed by atoms with E-state index >= 15 is 0 Å². The second kappa shape index (κ2) is 11.3. The van der Waals surface area contributed by atoms with Gasteiger partial charge in [0.15, 0.2) is 0 Å². The molecular weight excluding hydrogens is 400 g/mol. The average molecular weight is 431 g/mol. The van der Waals surface area contributed by atoms with Crippen molar-refractivity contribution >= 4 is 37.5 Å². The van der Waals surface area contributed by atoms with Gasteiger partial charge in [-0.3, -0.25) is 4.79 Å². The summed E-state index contributed by atoms with van der Waals surface area (Å²) in [6.07, 6.45) is 4.99. The molecule has 8 heteroatoms. The Bertz CT molecular complexity index is 702. The molecule has 0 spiro atoms. The monoisotopic (exact) mass is 430 g/mol. The first kappa shape index (κ1) is 22.6. The quantitative estimate of drug-likeness (QED) is 0.412. The van der Waals surface area contributed by atoms with E-state index in [4.69, 9.17) is 0 Å². The Morgan fingerprint density at radius 3 is 2.63 bits per heavy atom. The van der Waals surface area contributed by atoms with Gasteiger partial charge in [0.2, 0.25) is 15.9 Å². The number of hydrogen-bond donors (Lipinski definition) is 2. The van der Waals surface area contributed by atoms with E-state index in [0.717, 1.165) is 29.2 Å². The standard InChI is InChI=1S/C19H30N2O3S3/c1-15(2)21-27(23,24)14-17-8-4-3-7-16(17)13-20-19(22)10-6-5-9-18-11-12-25-26-18/h3-4,7-8,15,18,21H,5-6,9-14H2,1-2H3,(H,20,22). The zero-order valence-electron chi connectivity index (χ0n) is 16.1. The fourth-order valence-electron chi connectivity index (χ4n) is 2.98. The molecule has 27 heavy (non-hydrogen) atoms. The molecular formula is C19H30N2O3S3. The molecule has 0 radical (unpaired) electrons. The second-order valence-corrected chi connectivity index (χ2v) is 11.7. The summed E-state index contributed by atoms with van der Waals surface area (Å²) in [6.45, 7) is 3.96. The van der Waals surface area contributed by atoms with E-state index in [1.54, 1.807) is 19.9 Å². The van der Waals surface area contributed by atoms with Gasteiger partial charge in [-0.15, -0.1) is 0 Å². The molecule has 1 saturated heterocycles. The SMILES string of the molecule is CC(C)NS(=O)(=O)Cc1ccccc1CNC(=O)CCCCC1CCSS1. The number of carbonyl (C=O) groups is 1. The summed E-state index contributed by atoms with van der Waals surface area (Å²) in [7, 11) is 0.544. The van der Waals surface area contributed by atoms with Crippen LogP contribution in [0.5, 0.6) is 0 Å². The summed E-state index contributed by atoms with van der Waals surface area (Å²) in [6, 6.07) is 7.23. The zero-order valence-corrected chi connectivity index (χ0v) is 18.5. The van der Waals surface area contributed by atoms with Crippen LogP contribution in [-0.4, -0.2) is 31.4 Å². The Morgan fingerprint density at radius 1 is 1.22 bits per heavy atom. The third kappa shape index (κ3) is 8.89. The first-order chi connectivity index (χ1) is 12.9. The van der Waals surface area contributed by atoms with Gasteiger partial charge in [0.25, 0.3) is 0 Å². The van der Waals surface area contributed by atoms with Crippen LogP contribution in [0.25, 0.3) is 0 Å². The molecule has 1 aromatic carbocycles. The maximum absolute atomic E-state index is 12.2. The first-order valence-corrected chi connectivity index (χ1v) is 13.5. The summed E-state index contributed by atoms with van der Waals surface area (Å²) < 4.78 is 27.0. The van der Waals surface area contributed by atoms with E-state index in [9.17, 15) is 13.2 Å². The Labute approximate surface area is 171 Å². The van der Waals surface area contributed by atoms with Gasteiger partial charge in [0.05, 0.1) is 5.75 Å². The van der Waals surface area contributed by atoms with Gasteiger partial charge in [-0.05, 0) is 44.2 Å². The van der Waals surface area contributed by atoms with Gasteiger partial charge < -0.3 is 5.32 Å². The van der Waals surface area contributed by atoms with Gasteiger partial charge in [0.1, 0.15) is 0 Å². The normalized spacial score (nSPS) is 17.4. The molecule has 1 aromatic rings. The Balaban J connectivity index is 1.77.